The van der Waals surface area contributed by atoms with E-state index in [0.717, 1.165) is 11.3 Å². The first-order chi connectivity index (χ1) is 11.2. The summed E-state index contributed by atoms with van der Waals surface area (Å²) < 4.78 is 39.5. The summed E-state index contributed by atoms with van der Waals surface area (Å²) in [7, 11) is 0. The number of hydrogen-bond acceptors (Lipinski definition) is 3. The molecule has 1 saturated heterocycles. The van der Waals surface area contributed by atoms with Gasteiger partial charge in [-0.05, 0) is 25.3 Å². The number of amides is 2. The van der Waals surface area contributed by atoms with Gasteiger partial charge in [-0.3, -0.25) is 4.79 Å². The van der Waals surface area contributed by atoms with E-state index in [0.29, 0.717) is 18.7 Å². The third-order valence-corrected chi connectivity index (χ3v) is 3.96. The number of rotatable bonds is 4. The van der Waals surface area contributed by atoms with Gasteiger partial charge in [0.05, 0.1) is 11.7 Å². The highest BCUT2D eigenvalue weighted by molar-refractivity contribution is 5.89. The average Bonchev–Trinajstić information content (AvgIpc) is 2.98. The third-order valence-electron chi connectivity index (χ3n) is 3.96. The Bertz CT molecular complexity index is 645. The highest BCUT2D eigenvalue weighted by Crippen LogP contribution is 2.30. The summed E-state index contributed by atoms with van der Waals surface area (Å²) >= 11 is 0. The Labute approximate surface area is 136 Å². The molecule has 0 unspecified atom stereocenters. The van der Waals surface area contributed by atoms with Crippen molar-refractivity contribution in [2.75, 3.05) is 11.9 Å². The van der Waals surface area contributed by atoms with Gasteiger partial charge < -0.3 is 19.9 Å². The first-order valence-corrected chi connectivity index (χ1v) is 7.77. The number of likely N-dealkylation sites (tertiary alicyclic amines) is 1. The molecular weight excluding hydrogens is 327 g/mol. The average molecular weight is 347 g/mol. The van der Waals surface area contributed by atoms with E-state index in [1.165, 1.54) is 22.9 Å². The molecule has 0 aromatic carbocycles. The monoisotopic (exact) mass is 347 g/mol. The van der Waals surface area contributed by atoms with Gasteiger partial charge in [-0.2, -0.15) is 13.2 Å². The van der Waals surface area contributed by atoms with Gasteiger partial charge in [0.25, 0.3) is 5.56 Å². The highest BCUT2D eigenvalue weighted by atomic mass is 19.4. The predicted molar refractivity (Wildman–Crippen MR) is 81.8 cm³/mol. The lowest BCUT2D eigenvalue weighted by Gasteiger charge is -2.29. The van der Waals surface area contributed by atoms with Gasteiger partial charge in [-0.25, -0.2) is 4.79 Å². The van der Waals surface area contributed by atoms with Crippen molar-refractivity contribution in [3.05, 3.63) is 28.7 Å². The SMILES string of the molecule is CCCn1cc(NC(=O)N2CCC[C@H]2[C@@H](O)C(F)(F)F)ccc1=O. The first kappa shape index (κ1) is 18.3. The van der Waals surface area contributed by atoms with Gasteiger partial charge in [0.2, 0.25) is 0 Å². The van der Waals surface area contributed by atoms with Crippen LogP contribution >= 0.6 is 0 Å². The number of carbonyl (C=O) groups is 1. The van der Waals surface area contributed by atoms with Crippen molar-refractivity contribution in [3.63, 3.8) is 0 Å². The fourth-order valence-corrected chi connectivity index (χ4v) is 2.81. The van der Waals surface area contributed by atoms with Crippen LogP contribution in [0.15, 0.2) is 23.1 Å². The summed E-state index contributed by atoms with van der Waals surface area (Å²) in [6.45, 7) is 2.50. The molecule has 1 aliphatic heterocycles. The number of alkyl halides is 3. The molecule has 1 aliphatic rings. The first-order valence-electron chi connectivity index (χ1n) is 7.77. The van der Waals surface area contributed by atoms with Gasteiger partial charge in [-0.1, -0.05) is 6.92 Å². The van der Waals surface area contributed by atoms with Crippen molar-refractivity contribution < 1.29 is 23.1 Å². The van der Waals surface area contributed by atoms with E-state index in [1.54, 1.807) is 0 Å². The van der Waals surface area contributed by atoms with Crippen LogP contribution in [0.4, 0.5) is 23.7 Å². The third kappa shape index (κ3) is 4.08. The fourth-order valence-electron chi connectivity index (χ4n) is 2.81. The summed E-state index contributed by atoms with van der Waals surface area (Å²) in [6, 6.07) is 0.670. The summed E-state index contributed by atoms with van der Waals surface area (Å²) in [5.74, 6) is 0. The maximum Gasteiger partial charge on any atom is 0.416 e. The lowest BCUT2D eigenvalue weighted by atomic mass is 10.1. The summed E-state index contributed by atoms with van der Waals surface area (Å²) in [4.78, 5) is 24.9. The molecule has 0 radical (unpaired) electrons. The molecule has 2 heterocycles. The van der Waals surface area contributed by atoms with Gasteiger partial charge >= 0.3 is 12.2 Å². The number of carbonyl (C=O) groups excluding carboxylic acids is 1. The summed E-state index contributed by atoms with van der Waals surface area (Å²) in [5, 5.41) is 11.9. The van der Waals surface area contributed by atoms with Crippen LogP contribution in [0.3, 0.4) is 0 Å². The quantitative estimate of drug-likeness (QED) is 0.877. The van der Waals surface area contributed by atoms with Crippen LogP contribution in [0.25, 0.3) is 0 Å². The molecule has 0 spiro atoms. The van der Waals surface area contributed by atoms with Crippen LogP contribution in [0.5, 0.6) is 0 Å². The second-order valence-corrected chi connectivity index (χ2v) is 5.77. The summed E-state index contributed by atoms with van der Waals surface area (Å²) in [6.07, 6.45) is -4.69. The summed E-state index contributed by atoms with van der Waals surface area (Å²) in [5.41, 5.74) is 0.0987. The molecule has 6 nitrogen and oxygen atoms in total. The van der Waals surface area contributed by atoms with Crippen LogP contribution < -0.4 is 10.9 Å². The van der Waals surface area contributed by atoms with Crippen molar-refractivity contribution >= 4 is 11.7 Å². The van der Waals surface area contributed by atoms with E-state index >= 15 is 0 Å². The van der Waals surface area contributed by atoms with E-state index in [1.807, 2.05) is 6.92 Å². The van der Waals surface area contributed by atoms with Crippen LogP contribution in [-0.4, -0.2) is 45.5 Å². The topological polar surface area (TPSA) is 74.6 Å². The number of nitrogens with zero attached hydrogens (tertiary/aromatic N) is 2. The minimum Gasteiger partial charge on any atom is -0.382 e. The molecule has 2 rings (SSSR count). The fraction of sp³-hybridized carbons (Fsp3) is 0.600. The number of pyridine rings is 1. The zero-order chi connectivity index (χ0) is 17.9. The largest absolute Gasteiger partial charge is 0.416 e. The van der Waals surface area contributed by atoms with Gasteiger partial charge in [0.1, 0.15) is 0 Å². The number of anilines is 1. The van der Waals surface area contributed by atoms with E-state index in [2.05, 4.69) is 5.32 Å². The molecule has 1 aromatic heterocycles. The van der Waals surface area contributed by atoms with Crippen LogP contribution in [-0.2, 0) is 6.54 Å². The predicted octanol–water partition coefficient (Wildman–Crippen LogP) is 2.18. The molecular formula is C15H20F3N3O3. The van der Waals surface area contributed by atoms with Gasteiger partial charge in [-0.15, -0.1) is 0 Å². The molecule has 0 bridgehead atoms. The second-order valence-electron chi connectivity index (χ2n) is 5.77. The van der Waals surface area contributed by atoms with E-state index in [-0.39, 0.29) is 18.5 Å². The molecule has 0 aliphatic carbocycles. The number of hydrogen-bond donors (Lipinski definition) is 2. The minimum absolute atomic E-state index is 0.0867. The van der Waals surface area contributed by atoms with Crippen molar-refractivity contribution in [1.82, 2.24) is 9.47 Å². The van der Waals surface area contributed by atoms with Crippen LogP contribution in [0.1, 0.15) is 26.2 Å². The number of urea groups is 1. The van der Waals surface area contributed by atoms with Crippen LogP contribution in [0.2, 0.25) is 0 Å². The molecule has 24 heavy (non-hydrogen) atoms. The Morgan fingerprint density at radius 2 is 2.17 bits per heavy atom. The lowest BCUT2D eigenvalue weighted by Crippen LogP contribution is -2.50. The van der Waals surface area contributed by atoms with Crippen molar-refractivity contribution in [2.24, 2.45) is 0 Å². The van der Waals surface area contributed by atoms with Crippen molar-refractivity contribution in [3.8, 4) is 0 Å². The molecule has 1 aromatic rings. The molecule has 2 N–H and O–H groups in total. The van der Waals surface area contributed by atoms with Crippen molar-refractivity contribution in [1.29, 1.82) is 0 Å². The highest BCUT2D eigenvalue weighted by Gasteiger charge is 2.48. The van der Waals surface area contributed by atoms with Crippen molar-refractivity contribution in [2.45, 2.75) is 51.1 Å². The normalized spacial score (nSPS) is 19.4. The number of halogens is 3. The number of aliphatic hydroxyl groups excluding tert-OH is 1. The molecule has 2 amide bonds. The molecule has 1 fully saturated rings. The molecule has 0 saturated carbocycles. The lowest BCUT2D eigenvalue weighted by molar-refractivity contribution is -0.216. The van der Waals surface area contributed by atoms with E-state index < -0.39 is 24.4 Å². The maximum atomic E-state index is 12.7. The Morgan fingerprint density at radius 1 is 1.46 bits per heavy atom. The minimum atomic E-state index is -4.78. The Balaban J connectivity index is 2.11. The number of aryl methyl sites for hydroxylation is 1. The van der Waals surface area contributed by atoms with Gasteiger partial charge in [0, 0.05) is 25.4 Å². The number of nitrogens with one attached hydrogen (secondary N) is 1. The zero-order valence-corrected chi connectivity index (χ0v) is 13.2. The Morgan fingerprint density at radius 3 is 2.79 bits per heavy atom. The molecule has 2 atom stereocenters. The molecule has 134 valence electrons. The maximum absolute atomic E-state index is 12.7. The Hall–Kier alpha value is -2.03. The number of aromatic nitrogens is 1. The standard InChI is InChI=1S/C15H20F3N3O3/c1-2-7-20-9-10(5-6-12(20)22)19-14(24)21-8-3-4-11(21)13(23)15(16,17)18/h5-6,9,11,13,23H,2-4,7-8H2,1H3,(H,19,24)/t11-,13+/m0/s1. The second kappa shape index (κ2) is 7.25. The van der Waals surface area contributed by atoms with E-state index in [9.17, 15) is 27.9 Å². The molecule has 9 heteroatoms. The van der Waals surface area contributed by atoms with E-state index in [4.69, 9.17) is 0 Å². The number of aliphatic hydroxyl groups is 1. The smallest absolute Gasteiger partial charge is 0.382 e. The zero-order valence-electron chi connectivity index (χ0n) is 13.2. The van der Waals surface area contributed by atoms with Crippen LogP contribution in [0, 0.1) is 0 Å². The Kier molecular flexibility index (Phi) is 5.53. The van der Waals surface area contributed by atoms with Gasteiger partial charge in [0.15, 0.2) is 6.10 Å².